The number of nitrogens with zero attached hydrogens (tertiary/aromatic N) is 1. The fraction of sp³-hybridized carbons (Fsp3) is 0.471. The summed E-state index contributed by atoms with van der Waals surface area (Å²) in [7, 11) is 1.82. The Kier molecular flexibility index (Phi) is 4.83. The van der Waals surface area contributed by atoms with E-state index in [9.17, 15) is 4.79 Å². The van der Waals surface area contributed by atoms with E-state index in [1.807, 2.05) is 25.2 Å². The minimum atomic E-state index is 0.0355. The molecule has 0 unspecified atom stereocenters. The van der Waals surface area contributed by atoms with Gasteiger partial charge in [0, 0.05) is 30.7 Å². The Bertz CT molecular complexity index is 628. The van der Waals surface area contributed by atoms with E-state index < -0.39 is 0 Å². The highest BCUT2D eigenvalue weighted by Crippen LogP contribution is 2.20. The number of aryl methyl sites for hydroxylation is 1. The van der Waals surface area contributed by atoms with Crippen LogP contribution in [0, 0.1) is 5.92 Å². The second-order valence-corrected chi connectivity index (χ2v) is 5.79. The second kappa shape index (κ2) is 6.60. The standard InChI is InChI=1S/C17H24N2O/c1-13(2)8-6-7-11-18-15-12-17(20)19(3)16-10-5-4-9-14(15)16/h4-5,9-10,12-13,18H,6-8,11H2,1-3H3. The van der Waals surface area contributed by atoms with E-state index in [4.69, 9.17) is 0 Å². The van der Waals surface area contributed by atoms with Crippen LogP contribution in [0.3, 0.4) is 0 Å². The molecule has 0 aliphatic carbocycles. The molecule has 20 heavy (non-hydrogen) atoms. The van der Waals surface area contributed by atoms with Gasteiger partial charge in [-0.2, -0.15) is 0 Å². The topological polar surface area (TPSA) is 34.0 Å². The third kappa shape index (κ3) is 3.41. The first-order valence-corrected chi connectivity index (χ1v) is 7.42. The Morgan fingerprint density at radius 3 is 2.70 bits per heavy atom. The normalized spacial score (nSPS) is 11.2. The first-order valence-electron chi connectivity index (χ1n) is 7.42. The van der Waals surface area contributed by atoms with Crippen LogP contribution in [0.2, 0.25) is 0 Å². The zero-order valence-electron chi connectivity index (χ0n) is 12.6. The van der Waals surface area contributed by atoms with E-state index in [2.05, 4.69) is 25.2 Å². The number of aromatic nitrogens is 1. The molecule has 1 aromatic carbocycles. The number of pyridine rings is 1. The number of para-hydroxylation sites is 1. The number of unbranched alkanes of at least 4 members (excludes halogenated alkanes) is 1. The van der Waals surface area contributed by atoms with E-state index in [1.54, 1.807) is 10.6 Å². The van der Waals surface area contributed by atoms with Gasteiger partial charge in [-0.1, -0.05) is 44.9 Å². The summed E-state index contributed by atoms with van der Waals surface area (Å²) in [6.45, 7) is 5.42. The van der Waals surface area contributed by atoms with E-state index in [-0.39, 0.29) is 5.56 Å². The lowest BCUT2D eigenvalue weighted by Gasteiger charge is -2.12. The summed E-state index contributed by atoms with van der Waals surface area (Å²) in [4.78, 5) is 12.0. The Hall–Kier alpha value is -1.77. The van der Waals surface area contributed by atoms with Crippen LogP contribution in [0.5, 0.6) is 0 Å². The van der Waals surface area contributed by atoms with Crippen molar-refractivity contribution in [1.82, 2.24) is 4.57 Å². The highest BCUT2D eigenvalue weighted by atomic mass is 16.1. The average molecular weight is 272 g/mol. The molecule has 0 radical (unpaired) electrons. The first kappa shape index (κ1) is 14.6. The van der Waals surface area contributed by atoms with Crippen molar-refractivity contribution in [3.8, 4) is 0 Å². The van der Waals surface area contributed by atoms with Gasteiger partial charge in [0.05, 0.1) is 5.52 Å². The number of hydrogen-bond acceptors (Lipinski definition) is 2. The Morgan fingerprint density at radius 1 is 1.20 bits per heavy atom. The Labute approximate surface area is 120 Å². The van der Waals surface area contributed by atoms with Crippen LogP contribution in [0.15, 0.2) is 35.1 Å². The predicted molar refractivity (Wildman–Crippen MR) is 86.4 cm³/mol. The third-order valence-corrected chi connectivity index (χ3v) is 3.68. The lowest BCUT2D eigenvalue weighted by atomic mass is 10.1. The van der Waals surface area contributed by atoms with Crippen molar-refractivity contribution in [3.63, 3.8) is 0 Å². The molecule has 0 saturated heterocycles. The molecular formula is C17H24N2O. The van der Waals surface area contributed by atoms with Crippen LogP contribution in [0.25, 0.3) is 10.9 Å². The molecule has 0 aliphatic heterocycles. The highest BCUT2D eigenvalue weighted by molar-refractivity contribution is 5.91. The largest absolute Gasteiger partial charge is 0.384 e. The molecule has 3 heteroatoms. The van der Waals surface area contributed by atoms with Gasteiger partial charge < -0.3 is 9.88 Å². The van der Waals surface area contributed by atoms with Crippen molar-refractivity contribution in [1.29, 1.82) is 0 Å². The maximum absolute atomic E-state index is 12.0. The third-order valence-electron chi connectivity index (χ3n) is 3.68. The van der Waals surface area contributed by atoms with Crippen LogP contribution in [-0.4, -0.2) is 11.1 Å². The summed E-state index contributed by atoms with van der Waals surface area (Å²) in [6.07, 6.45) is 3.63. The molecule has 2 rings (SSSR count). The minimum absolute atomic E-state index is 0.0355. The summed E-state index contributed by atoms with van der Waals surface area (Å²) >= 11 is 0. The molecule has 0 bridgehead atoms. The van der Waals surface area contributed by atoms with Crippen molar-refractivity contribution < 1.29 is 0 Å². The fourth-order valence-corrected chi connectivity index (χ4v) is 2.46. The molecule has 0 saturated carbocycles. The molecule has 0 aliphatic rings. The molecule has 3 nitrogen and oxygen atoms in total. The number of fused-ring (bicyclic) bond motifs is 1. The molecule has 2 aromatic rings. The van der Waals surface area contributed by atoms with Gasteiger partial charge in [-0.25, -0.2) is 0 Å². The fourth-order valence-electron chi connectivity index (χ4n) is 2.46. The van der Waals surface area contributed by atoms with Gasteiger partial charge in [-0.05, 0) is 18.4 Å². The van der Waals surface area contributed by atoms with E-state index in [1.165, 1.54) is 12.8 Å². The average Bonchev–Trinajstić information content (AvgIpc) is 2.43. The van der Waals surface area contributed by atoms with Crippen molar-refractivity contribution in [3.05, 3.63) is 40.7 Å². The lowest BCUT2D eigenvalue weighted by molar-refractivity contribution is 0.545. The summed E-state index contributed by atoms with van der Waals surface area (Å²) in [5.74, 6) is 0.764. The number of benzene rings is 1. The van der Waals surface area contributed by atoms with Crippen LogP contribution < -0.4 is 10.9 Å². The van der Waals surface area contributed by atoms with Gasteiger partial charge in [0.15, 0.2) is 0 Å². The summed E-state index contributed by atoms with van der Waals surface area (Å²) < 4.78 is 1.69. The smallest absolute Gasteiger partial charge is 0.252 e. The number of rotatable bonds is 6. The highest BCUT2D eigenvalue weighted by Gasteiger charge is 2.05. The van der Waals surface area contributed by atoms with Crippen LogP contribution in [0.1, 0.15) is 33.1 Å². The minimum Gasteiger partial charge on any atom is -0.384 e. The molecular weight excluding hydrogens is 248 g/mol. The van der Waals surface area contributed by atoms with Gasteiger partial charge in [0.1, 0.15) is 0 Å². The van der Waals surface area contributed by atoms with Gasteiger partial charge in [-0.15, -0.1) is 0 Å². The van der Waals surface area contributed by atoms with E-state index in [0.717, 1.165) is 35.5 Å². The van der Waals surface area contributed by atoms with Gasteiger partial charge in [0.25, 0.3) is 5.56 Å². The van der Waals surface area contributed by atoms with Crippen LogP contribution >= 0.6 is 0 Å². The number of hydrogen-bond donors (Lipinski definition) is 1. The molecule has 0 amide bonds. The van der Waals surface area contributed by atoms with E-state index >= 15 is 0 Å². The molecule has 0 fully saturated rings. The SMILES string of the molecule is CC(C)CCCCNc1cc(=O)n(C)c2ccccc12. The molecule has 108 valence electrons. The van der Waals surface area contributed by atoms with Crippen molar-refractivity contribution in [2.24, 2.45) is 13.0 Å². The van der Waals surface area contributed by atoms with Crippen molar-refractivity contribution >= 4 is 16.6 Å². The Morgan fingerprint density at radius 2 is 1.95 bits per heavy atom. The van der Waals surface area contributed by atoms with Gasteiger partial charge in [-0.3, -0.25) is 4.79 Å². The van der Waals surface area contributed by atoms with Crippen LogP contribution in [0.4, 0.5) is 5.69 Å². The van der Waals surface area contributed by atoms with Crippen molar-refractivity contribution in [2.45, 2.75) is 33.1 Å². The zero-order chi connectivity index (χ0) is 14.5. The summed E-state index contributed by atoms with van der Waals surface area (Å²) in [5.41, 5.74) is 1.96. The summed E-state index contributed by atoms with van der Waals surface area (Å²) in [6, 6.07) is 9.72. The van der Waals surface area contributed by atoms with Crippen LogP contribution in [-0.2, 0) is 7.05 Å². The number of anilines is 1. The number of nitrogens with one attached hydrogen (secondary N) is 1. The lowest BCUT2D eigenvalue weighted by Crippen LogP contribution is -2.17. The molecule has 0 spiro atoms. The maximum atomic E-state index is 12.0. The molecule has 0 atom stereocenters. The second-order valence-electron chi connectivity index (χ2n) is 5.79. The quantitative estimate of drug-likeness (QED) is 0.812. The summed E-state index contributed by atoms with van der Waals surface area (Å²) in [5, 5.41) is 4.53. The predicted octanol–water partition coefficient (Wildman–Crippen LogP) is 3.78. The first-order chi connectivity index (χ1) is 9.59. The van der Waals surface area contributed by atoms with Gasteiger partial charge >= 0.3 is 0 Å². The molecule has 1 heterocycles. The molecule has 1 aromatic heterocycles. The zero-order valence-corrected chi connectivity index (χ0v) is 12.6. The maximum Gasteiger partial charge on any atom is 0.252 e. The van der Waals surface area contributed by atoms with Crippen molar-refractivity contribution in [2.75, 3.05) is 11.9 Å². The van der Waals surface area contributed by atoms with E-state index in [0.29, 0.717) is 0 Å². The monoisotopic (exact) mass is 272 g/mol. The van der Waals surface area contributed by atoms with Gasteiger partial charge in [0.2, 0.25) is 0 Å². The Balaban J connectivity index is 2.10. The molecule has 1 N–H and O–H groups in total.